The molecule has 1 heterocycles. The van der Waals surface area contributed by atoms with Crippen LogP contribution in [0.2, 0.25) is 0 Å². The van der Waals surface area contributed by atoms with Crippen molar-refractivity contribution in [3.8, 4) is 0 Å². The topological polar surface area (TPSA) is 75.1 Å². The average Bonchev–Trinajstić information content (AvgIpc) is 2.42. The largest absolute Gasteiger partial charge is 0.481 e. The van der Waals surface area contributed by atoms with E-state index in [1.165, 1.54) is 12.0 Å². The number of anilines is 1. The molecule has 0 saturated heterocycles. The number of nitrogens with one attached hydrogen (secondary N) is 1. The molecule has 0 amide bonds. The van der Waals surface area contributed by atoms with Crippen molar-refractivity contribution in [2.24, 2.45) is 11.8 Å². The molecule has 2 rings (SSSR count). The van der Waals surface area contributed by atoms with Crippen LogP contribution in [0.15, 0.2) is 6.33 Å². The van der Waals surface area contributed by atoms with Gasteiger partial charge in [0, 0.05) is 17.8 Å². The van der Waals surface area contributed by atoms with Gasteiger partial charge in [-0.3, -0.25) is 4.79 Å². The molecule has 1 unspecified atom stereocenters. The number of aromatic nitrogens is 2. The molecule has 1 atom stereocenters. The number of aliphatic carboxylic acids is 1. The second-order valence-corrected chi connectivity index (χ2v) is 5.90. The highest BCUT2D eigenvalue weighted by atomic mass is 16.4. The SMILES string of the molecule is CC(C)CC(CNc1ncnc2c1CCCC2)C(=O)O. The zero-order chi connectivity index (χ0) is 14.5. The highest BCUT2D eigenvalue weighted by Gasteiger charge is 2.21. The van der Waals surface area contributed by atoms with E-state index in [9.17, 15) is 9.90 Å². The van der Waals surface area contributed by atoms with Gasteiger partial charge in [-0.2, -0.15) is 0 Å². The van der Waals surface area contributed by atoms with Crippen LogP contribution in [0, 0.1) is 11.8 Å². The van der Waals surface area contributed by atoms with E-state index >= 15 is 0 Å². The molecule has 110 valence electrons. The van der Waals surface area contributed by atoms with Gasteiger partial charge in [-0.1, -0.05) is 13.8 Å². The number of fused-ring (bicyclic) bond motifs is 1. The summed E-state index contributed by atoms with van der Waals surface area (Å²) < 4.78 is 0. The molecular weight excluding hydrogens is 254 g/mol. The standard InChI is InChI=1S/C15H23N3O2/c1-10(2)7-11(15(19)20)8-16-14-12-5-3-4-6-13(12)17-9-18-14/h9-11H,3-8H2,1-2H3,(H,19,20)(H,16,17,18). The molecule has 5 heteroatoms. The van der Waals surface area contributed by atoms with Crippen LogP contribution < -0.4 is 5.32 Å². The van der Waals surface area contributed by atoms with Gasteiger partial charge in [0.25, 0.3) is 0 Å². The Morgan fingerprint density at radius 3 is 2.80 bits per heavy atom. The lowest BCUT2D eigenvalue weighted by atomic mass is 9.95. The quantitative estimate of drug-likeness (QED) is 0.835. The van der Waals surface area contributed by atoms with Gasteiger partial charge in [-0.05, 0) is 38.0 Å². The van der Waals surface area contributed by atoms with E-state index < -0.39 is 5.97 Å². The fourth-order valence-electron chi connectivity index (χ4n) is 2.73. The summed E-state index contributed by atoms with van der Waals surface area (Å²) >= 11 is 0. The molecule has 0 bridgehead atoms. The van der Waals surface area contributed by atoms with E-state index in [-0.39, 0.29) is 5.92 Å². The molecule has 1 aromatic rings. The molecule has 0 saturated carbocycles. The third-order valence-electron chi connectivity index (χ3n) is 3.75. The Labute approximate surface area is 119 Å². The van der Waals surface area contributed by atoms with E-state index in [0.717, 1.165) is 30.8 Å². The molecule has 1 aliphatic carbocycles. The van der Waals surface area contributed by atoms with E-state index in [2.05, 4.69) is 15.3 Å². The number of rotatable bonds is 6. The number of hydrogen-bond acceptors (Lipinski definition) is 4. The third-order valence-corrected chi connectivity index (χ3v) is 3.75. The maximum atomic E-state index is 11.3. The number of aryl methyl sites for hydroxylation is 1. The summed E-state index contributed by atoms with van der Waals surface area (Å²) in [7, 11) is 0. The van der Waals surface area contributed by atoms with Crippen LogP contribution in [0.25, 0.3) is 0 Å². The van der Waals surface area contributed by atoms with Crippen LogP contribution in [0.1, 0.15) is 44.4 Å². The van der Waals surface area contributed by atoms with Crippen molar-refractivity contribution in [1.82, 2.24) is 9.97 Å². The first kappa shape index (κ1) is 14.8. The summed E-state index contributed by atoms with van der Waals surface area (Å²) in [6.45, 7) is 4.52. The summed E-state index contributed by atoms with van der Waals surface area (Å²) in [4.78, 5) is 19.9. The zero-order valence-electron chi connectivity index (χ0n) is 12.2. The number of carboxylic acids is 1. The predicted molar refractivity (Wildman–Crippen MR) is 77.7 cm³/mol. The van der Waals surface area contributed by atoms with E-state index in [1.807, 2.05) is 13.8 Å². The van der Waals surface area contributed by atoms with Gasteiger partial charge in [0.15, 0.2) is 0 Å². The van der Waals surface area contributed by atoms with Crippen LogP contribution in [0.4, 0.5) is 5.82 Å². The monoisotopic (exact) mass is 277 g/mol. The Morgan fingerprint density at radius 1 is 1.35 bits per heavy atom. The highest BCUT2D eigenvalue weighted by Crippen LogP contribution is 2.24. The van der Waals surface area contributed by atoms with Crippen LogP contribution in [0.5, 0.6) is 0 Å². The molecule has 20 heavy (non-hydrogen) atoms. The summed E-state index contributed by atoms with van der Waals surface area (Å²) in [6, 6.07) is 0. The number of carboxylic acid groups (broad SMARTS) is 1. The zero-order valence-corrected chi connectivity index (χ0v) is 12.2. The van der Waals surface area contributed by atoms with Crippen LogP contribution in [-0.2, 0) is 17.6 Å². The van der Waals surface area contributed by atoms with Gasteiger partial charge < -0.3 is 10.4 Å². The molecule has 0 radical (unpaired) electrons. The van der Waals surface area contributed by atoms with Gasteiger partial charge >= 0.3 is 5.97 Å². The van der Waals surface area contributed by atoms with Crippen LogP contribution in [0.3, 0.4) is 0 Å². The van der Waals surface area contributed by atoms with Crippen molar-refractivity contribution in [1.29, 1.82) is 0 Å². The van der Waals surface area contributed by atoms with Gasteiger partial charge in [-0.25, -0.2) is 9.97 Å². The van der Waals surface area contributed by atoms with Crippen molar-refractivity contribution in [2.75, 3.05) is 11.9 Å². The van der Waals surface area contributed by atoms with Crippen molar-refractivity contribution in [3.05, 3.63) is 17.6 Å². The van der Waals surface area contributed by atoms with Crippen LogP contribution >= 0.6 is 0 Å². The lowest BCUT2D eigenvalue weighted by Crippen LogP contribution is -2.25. The van der Waals surface area contributed by atoms with Gasteiger partial charge in [0.2, 0.25) is 0 Å². The molecule has 1 aromatic heterocycles. The second-order valence-electron chi connectivity index (χ2n) is 5.90. The summed E-state index contributed by atoms with van der Waals surface area (Å²) in [5.41, 5.74) is 2.29. The molecule has 0 aromatic carbocycles. The molecule has 0 fully saturated rings. The summed E-state index contributed by atoms with van der Waals surface area (Å²) in [6.07, 6.45) is 6.57. The van der Waals surface area contributed by atoms with Gasteiger partial charge in [0.1, 0.15) is 12.1 Å². The third kappa shape index (κ3) is 3.68. The average molecular weight is 277 g/mol. The number of carbonyl (C=O) groups is 1. The first-order valence-electron chi connectivity index (χ1n) is 7.37. The predicted octanol–water partition coefficient (Wildman–Crippen LogP) is 2.51. The molecule has 0 aliphatic heterocycles. The Hall–Kier alpha value is -1.65. The minimum atomic E-state index is -0.742. The smallest absolute Gasteiger partial charge is 0.308 e. The Bertz CT molecular complexity index is 474. The summed E-state index contributed by atoms with van der Waals surface area (Å²) in [5, 5.41) is 12.5. The van der Waals surface area contributed by atoms with E-state index in [4.69, 9.17) is 0 Å². The molecule has 1 aliphatic rings. The van der Waals surface area contributed by atoms with Crippen molar-refractivity contribution in [2.45, 2.75) is 46.0 Å². The first-order chi connectivity index (χ1) is 9.58. The number of nitrogens with zero attached hydrogens (tertiary/aromatic N) is 2. The van der Waals surface area contributed by atoms with E-state index in [0.29, 0.717) is 18.9 Å². The van der Waals surface area contributed by atoms with Gasteiger partial charge in [0.05, 0.1) is 5.92 Å². The fourth-order valence-corrected chi connectivity index (χ4v) is 2.73. The molecule has 0 spiro atoms. The van der Waals surface area contributed by atoms with Crippen molar-refractivity contribution < 1.29 is 9.90 Å². The minimum absolute atomic E-state index is 0.371. The Kier molecular flexibility index (Phi) is 4.93. The first-order valence-corrected chi connectivity index (χ1v) is 7.37. The lowest BCUT2D eigenvalue weighted by Gasteiger charge is -2.20. The molecule has 5 nitrogen and oxygen atoms in total. The lowest BCUT2D eigenvalue weighted by molar-refractivity contribution is -0.141. The second kappa shape index (κ2) is 6.68. The Morgan fingerprint density at radius 2 is 2.10 bits per heavy atom. The summed E-state index contributed by atoms with van der Waals surface area (Å²) in [5.74, 6) is 0.0836. The highest BCUT2D eigenvalue weighted by molar-refractivity contribution is 5.70. The molecule has 2 N–H and O–H groups in total. The minimum Gasteiger partial charge on any atom is -0.481 e. The van der Waals surface area contributed by atoms with Crippen molar-refractivity contribution in [3.63, 3.8) is 0 Å². The molecular formula is C15H23N3O2. The normalized spacial score (nSPS) is 15.8. The maximum Gasteiger partial charge on any atom is 0.308 e. The number of hydrogen-bond donors (Lipinski definition) is 2. The van der Waals surface area contributed by atoms with Crippen molar-refractivity contribution >= 4 is 11.8 Å². The Balaban J connectivity index is 2.04. The van der Waals surface area contributed by atoms with E-state index in [1.54, 1.807) is 6.33 Å². The van der Waals surface area contributed by atoms with Gasteiger partial charge in [-0.15, -0.1) is 0 Å². The van der Waals surface area contributed by atoms with Crippen LogP contribution in [-0.4, -0.2) is 27.6 Å². The maximum absolute atomic E-state index is 11.3. The fraction of sp³-hybridized carbons (Fsp3) is 0.667.